The van der Waals surface area contributed by atoms with Gasteiger partial charge in [0.15, 0.2) is 0 Å². The average Bonchev–Trinajstić information content (AvgIpc) is 2.92. The van der Waals surface area contributed by atoms with Gasteiger partial charge in [0.05, 0.1) is 18.2 Å². The minimum Gasteiger partial charge on any atom is -0.375 e. The summed E-state index contributed by atoms with van der Waals surface area (Å²) >= 11 is 0. The van der Waals surface area contributed by atoms with Gasteiger partial charge in [0.25, 0.3) is 0 Å². The van der Waals surface area contributed by atoms with Gasteiger partial charge in [-0.25, -0.2) is 0 Å². The van der Waals surface area contributed by atoms with Gasteiger partial charge >= 0.3 is 0 Å². The van der Waals surface area contributed by atoms with E-state index in [1.807, 2.05) is 0 Å². The first kappa shape index (κ1) is 11.2. The van der Waals surface area contributed by atoms with Crippen molar-refractivity contribution >= 4 is 0 Å². The van der Waals surface area contributed by atoms with Crippen LogP contribution in [0.2, 0.25) is 0 Å². The van der Waals surface area contributed by atoms with E-state index in [0.29, 0.717) is 18.1 Å². The van der Waals surface area contributed by atoms with Gasteiger partial charge in [0.2, 0.25) is 0 Å². The molecule has 0 aliphatic carbocycles. The molecule has 3 heteroatoms. The van der Waals surface area contributed by atoms with Crippen LogP contribution in [0.5, 0.6) is 0 Å². The van der Waals surface area contributed by atoms with Crippen molar-refractivity contribution in [3.8, 4) is 0 Å². The van der Waals surface area contributed by atoms with E-state index in [2.05, 4.69) is 36.6 Å². The number of aryl methyl sites for hydroxylation is 1. The number of fused-ring (bicyclic) bond motifs is 2. The smallest absolute Gasteiger partial charge is 0.0627 e. The Hall–Kier alpha value is -0.900. The van der Waals surface area contributed by atoms with Crippen LogP contribution in [0.25, 0.3) is 0 Å². The van der Waals surface area contributed by atoms with E-state index in [-0.39, 0.29) is 6.04 Å². The molecule has 0 spiro atoms. The zero-order chi connectivity index (χ0) is 11.8. The molecule has 3 rings (SSSR count). The first-order valence-electron chi connectivity index (χ1n) is 6.46. The number of nitrogens with one attached hydrogen (secondary N) is 1. The summed E-state index contributed by atoms with van der Waals surface area (Å²) in [4.78, 5) is 0. The Kier molecular flexibility index (Phi) is 2.90. The van der Waals surface area contributed by atoms with E-state index < -0.39 is 0 Å². The van der Waals surface area contributed by atoms with Gasteiger partial charge in [-0.3, -0.25) is 11.3 Å². The molecular weight excluding hydrogens is 212 g/mol. The van der Waals surface area contributed by atoms with Gasteiger partial charge in [-0.2, -0.15) is 0 Å². The van der Waals surface area contributed by atoms with E-state index in [9.17, 15) is 0 Å². The standard InChI is InChI=1S/C14H20N2O/c1-9-3-2-4-10(7-9)14(16-15)12-8-11-5-6-13(12)17-11/h2-4,7,11-14,16H,5-6,8,15H2,1H3. The Morgan fingerprint density at radius 3 is 2.88 bits per heavy atom. The Bertz CT molecular complexity index is 407. The lowest BCUT2D eigenvalue weighted by molar-refractivity contribution is 0.0857. The summed E-state index contributed by atoms with van der Waals surface area (Å²) in [7, 11) is 0. The molecule has 3 nitrogen and oxygen atoms in total. The first-order chi connectivity index (χ1) is 8.28. The Balaban J connectivity index is 1.84. The highest BCUT2D eigenvalue weighted by molar-refractivity contribution is 5.26. The maximum absolute atomic E-state index is 5.92. The van der Waals surface area contributed by atoms with E-state index >= 15 is 0 Å². The van der Waals surface area contributed by atoms with Crippen LogP contribution in [0.15, 0.2) is 24.3 Å². The molecule has 1 aromatic carbocycles. The lowest BCUT2D eigenvalue weighted by atomic mass is 9.81. The van der Waals surface area contributed by atoms with E-state index in [4.69, 9.17) is 10.6 Å². The van der Waals surface area contributed by atoms with Crippen LogP contribution in [-0.2, 0) is 4.74 Å². The summed E-state index contributed by atoms with van der Waals surface area (Å²) < 4.78 is 5.92. The number of benzene rings is 1. The summed E-state index contributed by atoms with van der Waals surface area (Å²) in [6, 6.07) is 8.82. The summed E-state index contributed by atoms with van der Waals surface area (Å²) in [5, 5.41) is 0. The third kappa shape index (κ3) is 1.99. The average molecular weight is 232 g/mol. The molecule has 0 aromatic heterocycles. The minimum atomic E-state index is 0.227. The quantitative estimate of drug-likeness (QED) is 0.619. The van der Waals surface area contributed by atoms with Crippen molar-refractivity contribution in [2.75, 3.05) is 0 Å². The molecule has 2 heterocycles. The molecule has 4 atom stereocenters. The van der Waals surface area contributed by atoms with E-state index in [0.717, 1.165) is 6.42 Å². The number of hydrazine groups is 1. The second-order valence-corrected chi connectivity index (χ2v) is 5.33. The van der Waals surface area contributed by atoms with Gasteiger partial charge in [-0.1, -0.05) is 29.8 Å². The highest BCUT2D eigenvalue weighted by Crippen LogP contribution is 2.44. The van der Waals surface area contributed by atoms with Crippen molar-refractivity contribution in [1.29, 1.82) is 0 Å². The van der Waals surface area contributed by atoms with E-state index in [1.54, 1.807) is 0 Å². The van der Waals surface area contributed by atoms with Crippen molar-refractivity contribution in [2.24, 2.45) is 11.8 Å². The largest absolute Gasteiger partial charge is 0.375 e. The molecule has 2 fully saturated rings. The topological polar surface area (TPSA) is 47.3 Å². The van der Waals surface area contributed by atoms with Crippen molar-refractivity contribution in [1.82, 2.24) is 5.43 Å². The molecule has 92 valence electrons. The molecule has 17 heavy (non-hydrogen) atoms. The SMILES string of the molecule is Cc1cccc(C(NN)C2CC3CCC2O3)c1. The zero-order valence-electron chi connectivity index (χ0n) is 10.2. The fraction of sp³-hybridized carbons (Fsp3) is 0.571. The minimum absolute atomic E-state index is 0.227. The molecule has 2 aliphatic heterocycles. The number of rotatable bonds is 3. The molecule has 4 unspecified atom stereocenters. The van der Waals surface area contributed by atoms with Crippen molar-refractivity contribution in [2.45, 2.75) is 44.4 Å². The highest BCUT2D eigenvalue weighted by Gasteiger charge is 2.44. The van der Waals surface area contributed by atoms with Crippen LogP contribution in [0.1, 0.15) is 36.4 Å². The third-order valence-electron chi connectivity index (χ3n) is 4.16. The number of hydrogen-bond acceptors (Lipinski definition) is 3. The second-order valence-electron chi connectivity index (χ2n) is 5.33. The fourth-order valence-electron chi connectivity index (χ4n) is 3.36. The molecule has 2 saturated heterocycles. The summed E-state index contributed by atoms with van der Waals surface area (Å²) in [6.07, 6.45) is 4.45. The van der Waals surface area contributed by atoms with Gasteiger partial charge in [0, 0.05) is 5.92 Å². The maximum atomic E-state index is 5.92. The van der Waals surface area contributed by atoms with Crippen LogP contribution < -0.4 is 11.3 Å². The van der Waals surface area contributed by atoms with Crippen LogP contribution >= 0.6 is 0 Å². The van der Waals surface area contributed by atoms with E-state index in [1.165, 1.54) is 24.0 Å². The second kappa shape index (κ2) is 4.41. The lowest BCUT2D eigenvalue weighted by Gasteiger charge is -2.28. The highest BCUT2D eigenvalue weighted by atomic mass is 16.5. The number of ether oxygens (including phenoxy) is 1. The molecule has 0 radical (unpaired) electrons. The molecule has 3 N–H and O–H groups in total. The Morgan fingerprint density at radius 2 is 2.29 bits per heavy atom. The van der Waals surface area contributed by atoms with Gasteiger partial charge in [0.1, 0.15) is 0 Å². The monoisotopic (exact) mass is 232 g/mol. The molecule has 1 aromatic rings. The summed E-state index contributed by atoms with van der Waals surface area (Å²) in [5.74, 6) is 6.29. The van der Waals surface area contributed by atoms with Crippen molar-refractivity contribution < 1.29 is 4.74 Å². The van der Waals surface area contributed by atoms with Crippen LogP contribution in [0.3, 0.4) is 0 Å². The zero-order valence-corrected chi connectivity index (χ0v) is 10.2. The normalized spacial score (nSPS) is 32.9. The third-order valence-corrected chi connectivity index (χ3v) is 4.16. The van der Waals surface area contributed by atoms with Crippen LogP contribution in [0, 0.1) is 12.8 Å². The van der Waals surface area contributed by atoms with Crippen LogP contribution in [-0.4, -0.2) is 12.2 Å². The maximum Gasteiger partial charge on any atom is 0.0627 e. The van der Waals surface area contributed by atoms with Crippen molar-refractivity contribution in [3.05, 3.63) is 35.4 Å². The molecular formula is C14H20N2O. The molecule has 0 saturated carbocycles. The van der Waals surface area contributed by atoms with Gasteiger partial charge in [-0.05, 0) is 31.7 Å². The van der Waals surface area contributed by atoms with Crippen molar-refractivity contribution in [3.63, 3.8) is 0 Å². The fourth-order valence-corrected chi connectivity index (χ4v) is 3.36. The lowest BCUT2D eigenvalue weighted by Crippen LogP contribution is -2.37. The van der Waals surface area contributed by atoms with Crippen LogP contribution in [0.4, 0.5) is 0 Å². The molecule has 0 amide bonds. The predicted molar refractivity (Wildman–Crippen MR) is 67.2 cm³/mol. The summed E-state index contributed by atoms with van der Waals surface area (Å²) in [5.41, 5.74) is 5.56. The predicted octanol–water partition coefficient (Wildman–Crippen LogP) is 2.07. The molecule has 2 bridgehead atoms. The summed E-state index contributed by atoms with van der Waals surface area (Å²) in [6.45, 7) is 2.12. The number of nitrogens with two attached hydrogens (primary N) is 1. The Labute approximate surface area is 102 Å². The van der Waals surface area contributed by atoms with Gasteiger partial charge < -0.3 is 4.74 Å². The Morgan fingerprint density at radius 1 is 1.41 bits per heavy atom. The molecule has 2 aliphatic rings. The number of hydrogen-bond donors (Lipinski definition) is 2. The first-order valence-corrected chi connectivity index (χ1v) is 6.46. The van der Waals surface area contributed by atoms with Gasteiger partial charge in [-0.15, -0.1) is 0 Å².